The molecule has 0 amide bonds. The van der Waals surface area contributed by atoms with Gasteiger partial charge in [-0.2, -0.15) is 0 Å². The second kappa shape index (κ2) is 7.12. The summed E-state index contributed by atoms with van der Waals surface area (Å²) in [6, 6.07) is 4.59. The minimum absolute atomic E-state index is 0.253. The van der Waals surface area contributed by atoms with Crippen molar-refractivity contribution in [1.29, 1.82) is 0 Å². The maximum Gasteiger partial charge on any atom is 0.123 e. The van der Waals surface area contributed by atoms with Crippen LogP contribution in [0.25, 0.3) is 0 Å². The van der Waals surface area contributed by atoms with Crippen molar-refractivity contribution < 1.29 is 9.50 Å². The first-order chi connectivity index (χ1) is 8.04. The fourth-order valence-electron chi connectivity index (χ4n) is 1.84. The molecule has 0 bridgehead atoms. The monoisotopic (exact) mass is 302 g/mol. The highest BCUT2D eigenvalue weighted by atomic mass is 79.9. The van der Waals surface area contributed by atoms with Crippen LogP contribution in [-0.2, 0) is 6.42 Å². The van der Waals surface area contributed by atoms with E-state index in [4.69, 9.17) is 0 Å². The molecule has 0 radical (unpaired) electrons. The molecule has 3 heteroatoms. The molecule has 0 aliphatic heterocycles. The van der Waals surface area contributed by atoms with E-state index in [-0.39, 0.29) is 11.7 Å². The second-order valence-electron chi connectivity index (χ2n) is 4.63. The summed E-state index contributed by atoms with van der Waals surface area (Å²) >= 11 is 3.38. The summed E-state index contributed by atoms with van der Waals surface area (Å²) in [6.45, 7) is 4.19. The summed E-state index contributed by atoms with van der Waals surface area (Å²) in [7, 11) is 0. The van der Waals surface area contributed by atoms with Gasteiger partial charge in [0, 0.05) is 4.47 Å². The van der Waals surface area contributed by atoms with Gasteiger partial charge in [-0.3, -0.25) is 0 Å². The number of aliphatic hydroxyl groups is 1. The average Bonchev–Trinajstić information content (AvgIpc) is 2.30. The summed E-state index contributed by atoms with van der Waals surface area (Å²) in [6.07, 6.45) is 3.39. The number of benzene rings is 1. The Bertz CT molecular complexity index is 354. The zero-order chi connectivity index (χ0) is 12.8. The van der Waals surface area contributed by atoms with Gasteiger partial charge in [0.2, 0.25) is 0 Å². The molecule has 0 saturated heterocycles. The fourth-order valence-corrected chi connectivity index (χ4v) is 2.25. The van der Waals surface area contributed by atoms with Gasteiger partial charge in [0.05, 0.1) is 6.10 Å². The van der Waals surface area contributed by atoms with Gasteiger partial charge in [-0.05, 0) is 42.5 Å². The van der Waals surface area contributed by atoms with Gasteiger partial charge in [-0.1, -0.05) is 42.6 Å². The lowest BCUT2D eigenvalue weighted by atomic mass is 9.93. The average molecular weight is 303 g/mol. The van der Waals surface area contributed by atoms with Crippen LogP contribution in [0.5, 0.6) is 0 Å². The Hall–Kier alpha value is -0.410. The lowest BCUT2D eigenvalue weighted by molar-refractivity contribution is 0.110. The van der Waals surface area contributed by atoms with Crippen molar-refractivity contribution in [2.45, 2.75) is 45.6 Å². The molecule has 0 aliphatic carbocycles. The van der Waals surface area contributed by atoms with Gasteiger partial charge >= 0.3 is 0 Å². The topological polar surface area (TPSA) is 20.2 Å². The molecular formula is C14H20BrFO. The molecule has 0 aliphatic rings. The maximum absolute atomic E-state index is 13.1. The number of hydrogen-bond acceptors (Lipinski definition) is 1. The number of halogens is 2. The molecule has 2 atom stereocenters. The molecule has 1 rings (SSSR count). The SMILES string of the molecule is CCCCC(C)C(O)Cc1cc(F)ccc1Br. The third-order valence-electron chi connectivity index (χ3n) is 3.11. The molecule has 1 nitrogen and oxygen atoms in total. The molecule has 1 N–H and O–H groups in total. The van der Waals surface area contributed by atoms with Crippen LogP contribution in [0, 0.1) is 11.7 Å². The Kier molecular flexibility index (Phi) is 6.14. The summed E-state index contributed by atoms with van der Waals surface area (Å²) in [5.74, 6) is 0.00160. The zero-order valence-electron chi connectivity index (χ0n) is 10.4. The second-order valence-corrected chi connectivity index (χ2v) is 5.48. The lowest BCUT2D eigenvalue weighted by Crippen LogP contribution is -2.20. The zero-order valence-corrected chi connectivity index (χ0v) is 12.0. The van der Waals surface area contributed by atoms with E-state index < -0.39 is 6.10 Å². The normalized spacial score (nSPS) is 14.6. The van der Waals surface area contributed by atoms with Crippen molar-refractivity contribution in [2.24, 2.45) is 5.92 Å². The minimum atomic E-state index is -0.403. The number of hydrogen-bond donors (Lipinski definition) is 1. The molecule has 17 heavy (non-hydrogen) atoms. The van der Waals surface area contributed by atoms with E-state index in [9.17, 15) is 9.50 Å². The van der Waals surface area contributed by atoms with Crippen LogP contribution >= 0.6 is 15.9 Å². The lowest BCUT2D eigenvalue weighted by Gasteiger charge is -2.19. The minimum Gasteiger partial charge on any atom is -0.393 e. The molecule has 0 spiro atoms. The molecule has 0 saturated carbocycles. The van der Waals surface area contributed by atoms with Crippen LogP contribution in [0.15, 0.2) is 22.7 Å². The van der Waals surface area contributed by atoms with E-state index in [0.717, 1.165) is 29.3 Å². The smallest absolute Gasteiger partial charge is 0.123 e. The molecule has 0 heterocycles. The van der Waals surface area contributed by atoms with Crippen LogP contribution in [-0.4, -0.2) is 11.2 Å². The van der Waals surface area contributed by atoms with E-state index in [1.54, 1.807) is 6.07 Å². The van der Waals surface area contributed by atoms with Gasteiger partial charge in [-0.25, -0.2) is 4.39 Å². The van der Waals surface area contributed by atoms with E-state index in [2.05, 4.69) is 22.9 Å². The first-order valence-corrected chi connectivity index (χ1v) is 6.96. The van der Waals surface area contributed by atoms with Gasteiger partial charge < -0.3 is 5.11 Å². The summed E-state index contributed by atoms with van der Waals surface area (Å²) in [5, 5.41) is 10.1. The van der Waals surface area contributed by atoms with Crippen molar-refractivity contribution >= 4 is 15.9 Å². The summed E-state index contributed by atoms with van der Waals surface area (Å²) < 4.78 is 14.0. The Balaban J connectivity index is 2.60. The van der Waals surface area contributed by atoms with Crippen molar-refractivity contribution in [1.82, 2.24) is 0 Å². The Morgan fingerprint density at radius 1 is 1.41 bits per heavy atom. The quantitative estimate of drug-likeness (QED) is 0.830. The molecular weight excluding hydrogens is 283 g/mol. The maximum atomic E-state index is 13.1. The first kappa shape index (κ1) is 14.7. The molecule has 0 fully saturated rings. The van der Waals surface area contributed by atoms with Crippen molar-refractivity contribution in [3.63, 3.8) is 0 Å². The largest absolute Gasteiger partial charge is 0.393 e. The van der Waals surface area contributed by atoms with Crippen molar-refractivity contribution in [3.05, 3.63) is 34.1 Å². The highest BCUT2D eigenvalue weighted by Crippen LogP contribution is 2.22. The predicted molar refractivity (Wildman–Crippen MR) is 72.5 cm³/mol. The number of rotatable bonds is 6. The Morgan fingerprint density at radius 2 is 2.12 bits per heavy atom. The van der Waals surface area contributed by atoms with Crippen molar-refractivity contribution in [3.8, 4) is 0 Å². The van der Waals surface area contributed by atoms with Gasteiger partial charge in [0.15, 0.2) is 0 Å². The van der Waals surface area contributed by atoms with E-state index in [0.29, 0.717) is 6.42 Å². The van der Waals surface area contributed by atoms with E-state index in [1.165, 1.54) is 12.1 Å². The van der Waals surface area contributed by atoms with E-state index in [1.807, 2.05) is 6.92 Å². The van der Waals surface area contributed by atoms with Gasteiger partial charge in [0.1, 0.15) is 5.82 Å². The summed E-state index contributed by atoms with van der Waals surface area (Å²) in [4.78, 5) is 0. The Labute approximate surface area is 111 Å². The third-order valence-corrected chi connectivity index (χ3v) is 3.88. The first-order valence-electron chi connectivity index (χ1n) is 6.16. The highest BCUT2D eigenvalue weighted by molar-refractivity contribution is 9.10. The molecule has 1 aromatic carbocycles. The van der Waals surface area contributed by atoms with Crippen LogP contribution in [0.1, 0.15) is 38.7 Å². The van der Waals surface area contributed by atoms with Crippen LogP contribution in [0.3, 0.4) is 0 Å². The van der Waals surface area contributed by atoms with Gasteiger partial charge in [0.25, 0.3) is 0 Å². The predicted octanol–water partition coefficient (Wildman–Crippen LogP) is 4.32. The fraction of sp³-hybridized carbons (Fsp3) is 0.571. The van der Waals surface area contributed by atoms with Crippen LogP contribution < -0.4 is 0 Å². The molecule has 2 unspecified atom stereocenters. The van der Waals surface area contributed by atoms with Crippen LogP contribution in [0.4, 0.5) is 4.39 Å². The van der Waals surface area contributed by atoms with Crippen LogP contribution in [0.2, 0.25) is 0 Å². The molecule has 96 valence electrons. The summed E-state index contributed by atoms with van der Waals surface area (Å²) in [5.41, 5.74) is 0.834. The number of aliphatic hydroxyl groups excluding tert-OH is 1. The van der Waals surface area contributed by atoms with Gasteiger partial charge in [-0.15, -0.1) is 0 Å². The molecule has 1 aromatic rings. The molecule has 0 aromatic heterocycles. The highest BCUT2D eigenvalue weighted by Gasteiger charge is 2.16. The van der Waals surface area contributed by atoms with E-state index >= 15 is 0 Å². The third kappa shape index (κ3) is 4.76. The Morgan fingerprint density at radius 3 is 2.76 bits per heavy atom. The van der Waals surface area contributed by atoms with Crippen molar-refractivity contribution in [2.75, 3.05) is 0 Å². The standard InChI is InChI=1S/C14H20BrFO/c1-3-4-5-10(2)14(17)9-11-8-12(16)6-7-13(11)15/h6-8,10,14,17H,3-5,9H2,1-2H3. The number of unbranched alkanes of at least 4 members (excludes halogenated alkanes) is 1.